The fourth-order valence-corrected chi connectivity index (χ4v) is 10.4. The van der Waals surface area contributed by atoms with Crippen molar-refractivity contribution in [2.75, 3.05) is 4.90 Å². The minimum Gasteiger partial charge on any atom is -0.310 e. The number of hydrogen-bond donors (Lipinski definition) is 0. The molecule has 0 amide bonds. The van der Waals surface area contributed by atoms with Gasteiger partial charge in [0.2, 0.25) is 0 Å². The molecule has 8 aromatic rings. The Balaban J connectivity index is 1.17. The van der Waals surface area contributed by atoms with Gasteiger partial charge < -0.3 is 4.90 Å². The largest absolute Gasteiger partial charge is 0.310 e. The van der Waals surface area contributed by atoms with Gasteiger partial charge in [-0.1, -0.05) is 159 Å². The molecule has 8 aromatic carbocycles. The fourth-order valence-electron chi connectivity index (χ4n) is 10.4. The van der Waals surface area contributed by atoms with Crippen LogP contribution >= 0.6 is 0 Å². The first-order valence-electron chi connectivity index (χ1n) is 19.0. The first-order valence-corrected chi connectivity index (χ1v) is 19.0. The predicted molar refractivity (Wildman–Crippen MR) is 222 cm³/mol. The van der Waals surface area contributed by atoms with E-state index in [9.17, 15) is 0 Å². The molecule has 0 radical (unpaired) electrons. The minimum absolute atomic E-state index is 0.134. The van der Waals surface area contributed by atoms with E-state index in [1.165, 1.54) is 88.9 Å². The summed E-state index contributed by atoms with van der Waals surface area (Å²) < 4.78 is 0. The van der Waals surface area contributed by atoms with Crippen molar-refractivity contribution in [3.05, 3.63) is 209 Å². The van der Waals surface area contributed by atoms with Crippen LogP contribution in [-0.2, 0) is 17.3 Å². The first-order chi connectivity index (χ1) is 26.0. The number of nitrogens with zero attached hydrogens (tertiary/aromatic N) is 1. The number of anilines is 3. The summed E-state index contributed by atoms with van der Waals surface area (Å²) in [4.78, 5) is 2.52. The highest BCUT2D eigenvalue weighted by atomic mass is 15.1. The third kappa shape index (κ3) is 4.20. The molecular weight excluding hydrogens is 639 g/mol. The molecule has 0 saturated carbocycles. The van der Waals surface area contributed by atoms with E-state index >= 15 is 0 Å². The normalized spacial score (nSPS) is 16.9. The van der Waals surface area contributed by atoms with Crippen LogP contribution in [0.4, 0.5) is 17.1 Å². The maximum absolute atomic E-state index is 2.53. The number of rotatable bonds is 4. The van der Waals surface area contributed by atoms with Crippen molar-refractivity contribution >= 4 is 27.8 Å². The number of aryl methyl sites for hydroxylation is 1. The highest BCUT2D eigenvalue weighted by Gasteiger charge is 2.48. The summed E-state index contributed by atoms with van der Waals surface area (Å²) in [5.41, 5.74) is 19.7. The highest BCUT2D eigenvalue weighted by molar-refractivity contribution is 5.97. The van der Waals surface area contributed by atoms with E-state index in [2.05, 4.69) is 195 Å². The quantitative estimate of drug-likeness (QED) is 0.179. The van der Waals surface area contributed by atoms with Gasteiger partial charge in [0.15, 0.2) is 0 Å². The maximum Gasteiger partial charge on any atom is 0.0540 e. The lowest BCUT2D eigenvalue weighted by molar-refractivity contribution is 0.626. The smallest absolute Gasteiger partial charge is 0.0540 e. The van der Waals surface area contributed by atoms with Gasteiger partial charge in [-0.05, 0) is 115 Å². The number of benzene rings is 8. The van der Waals surface area contributed by atoms with Gasteiger partial charge in [0.25, 0.3) is 0 Å². The van der Waals surface area contributed by atoms with Crippen molar-refractivity contribution in [3.63, 3.8) is 0 Å². The van der Waals surface area contributed by atoms with Gasteiger partial charge in [0, 0.05) is 27.8 Å². The molecule has 1 heteroatoms. The van der Waals surface area contributed by atoms with Crippen LogP contribution in [0.3, 0.4) is 0 Å². The maximum atomic E-state index is 2.53. The predicted octanol–water partition coefficient (Wildman–Crippen LogP) is 13.5. The van der Waals surface area contributed by atoms with Gasteiger partial charge >= 0.3 is 0 Å². The zero-order chi connectivity index (χ0) is 35.3. The minimum atomic E-state index is -0.164. The van der Waals surface area contributed by atoms with Crippen LogP contribution in [0, 0.1) is 0 Å². The van der Waals surface area contributed by atoms with E-state index in [0.29, 0.717) is 0 Å². The van der Waals surface area contributed by atoms with Crippen molar-refractivity contribution in [3.8, 4) is 33.4 Å². The SMILES string of the molecule is CC1(C)c2ccccc2-c2cccc(-c3ccccc3N(c3ccc4c(c3)C3(CCc5ccccc53)c3ccccc3-4)c3ccc4ccccc4c3)c21. The summed E-state index contributed by atoms with van der Waals surface area (Å²) in [6, 6.07) is 66.1. The van der Waals surface area contributed by atoms with Crippen LogP contribution in [-0.4, -0.2) is 0 Å². The van der Waals surface area contributed by atoms with Crippen molar-refractivity contribution in [2.24, 2.45) is 0 Å². The van der Waals surface area contributed by atoms with E-state index in [1.54, 1.807) is 0 Å². The Morgan fingerprint density at radius 3 is 1.81 bits per heavy atom. The molecule has 0 bridgehead atoms. The summed E-state index contributed by atoms with van der Waals surface area (Å²) >= 11 is 0. The van der Waals surface area contributed by atoms with Crippen molar-refractivity contribution in [1.29, 1.82) is 0 Å². The number of hydrogen-bond acceptors (Lipinski definition) is 1. The first kappa shape index (κ1) is 30.4. The van der Waals surface area contributed by atoms with Crippen molar-refractivity contribution in [1.82, 2.24) is 0 Å². The lowest BCUT2D eigenvalue weighted by Gasteiger charge is -2.32. The molecule has 1 unspecified atom stereocenters. The zero-order valence-corrected chi connectivity index (χ0v) is 30.1. The molecule has 252 valence electrons. The average Bonchev–Trinajstić information content (AvgIpc) is 3.82. The molecule has 1 nitrogen and oxygen atoms in total. The molecule has 0 N–H and O–H groups in total. The Bertz CT molecular complexity index is 2790. The molecule has 1 spiro atoms. The second-order valence-electron chi connectivity index (χ2n) is 15.6. The Labute approximate surface area is 311 Å². The lowest BCUT2D eigenvalue weighted by Crippen LogP contribution is -2.24. The number of para-hydroxylation sites is 1. The molecule has 0 saturated heterocycles. The molecular formula is C52H39N. The fraction of sp³-hybridized carbons (Fsp3) is 0.115. The number of fused-ring (bicyclic) bond motifs is 11. The van der Waals surface area contributed by atoms with Crippen LogP contribution in [0.25, 0.3) is 44.2 Å². The monoisotopic (exact) mass is 677 g/mol. The molecule has 0 aromatic heterocycles. The molecule has 3 aliphatic rings. The van der Waals surface area contributed by atoms with Crippen LogP contribution in [0.15, 0.2) is 176 Å². The van der Waals surface area contributed by atoms with Crippen LogP contribution < -0.4 is 4.90 Å². The summed E-state index contributed by atoms with van der Waals surface area (Å²) in [6.45, 7) is 4.78. The summed E-state index contributed by atoms with van der Waals surface area (Å²) in [5.74, 6) is 0. The van der Waals surface area contributed by atoms with Gasteiger partial charge in [-0.15, -0.1) is 0 Å². The molecule has 1 atom stereocenters. The van der Waals surface area contributed by atoms with Gasteiger partial charge in [-0.2, -0.15) is 0 Å². The van der Waals surface area contributed by atoms with E-state index in [-0.39, 0.29) is 10.8 Å². The highest BCUT2D eigenvalue weighted by Crippen LogP contribution is 2.60. The third-order valence-corrected chi connectivity index (χ3v) is 12.7. The Kier molecular flexibility index (Phi) is 6.41. The molecule has 11 rings (SSSR count). The van der Waals surface area contributed by atoms with Crippen LogP contribution in [0.2, 0.25) is 0 Å². The van der Waals surface area contributed by atoms with E-state index < -0.39 is 0 Å². The molecule has 0 fully saturated rings. The lowest BCUT2D eigenvalue weighted by atomic mass is 9.73. The van der Waals surface area contributed by atoms with Crippen molar-refractivity contribution < 1.29 is 0 Å². The Hall–Kier alpha value is -6.18. The average molecular weight is 678 g/mol. The van der Waals surface area contributed by atoms with Gasteiger partial charge in [-0.3, -0.25) is 0 Å². The molecule has 0 heterocycles. The van der Waals surface area contributed by atoms with Crippen LogP contribution in [0.5, 0.6) is 0 Å². The molecule has 3 aliphatic carbocycles. The summed E-state index contributed by atoms with van der Waals surface area (Å²) in [5, 5.41) is 2.48. The van der Waals surface area contributed by atoms with Crippen molar-refractivity contribution in [2.45, 2.75) is 37.5 Å². The molecule has 0 aliphatic heterocycles. The van der Waals surface area contributed by atoms with Gasteiger partial charge in [0.1, 0.15) is 0 Å². The Morgan fingerprint density at radius 1 is 0.415 bits per heavy atom. The van der Waals surface area contributed by atoms with Crippen LogP contribution in [0.1, 0.15) is 53.6 Å². The second kappa shape index (κ2) is 11.2. The Morgan fingerprint density at radius 2 is 0.981 bits per heavy atom. The second-order valence-corrected chi connectivity index (χ2v) is 15.6. The molecule has 53 heavy (non-hydrogen) atoms. The van der Waals surface area contributed by atoms with E-state index in [0.717, 1.165) is 18.5 Å². The summed E-state index contributed by atoms with van der Waals surface area (Å²) in [6.07, 6.45) is 2.17. The summed E-state index contributed by atoms with van der Waals surface area (Å²) in [7, 11) is 0. The third-order valence-electron chi connectivity index (χ3n) is 12.7. The van der Waals surface area contributed by atoms with E-state index in [1.807, 2.05) is 0 Å². The van der Waals surface area contributed by atoms with E-state index in [4.69, 9.17) is 0 Å². The zero-order valence-electron chi connectivity index (χ0n) is 30.1. The topological polar surface area (TPSA) is 3.24 Å². The van der Waals surface area contributed by atoms with Gasteiger partial charge in [-0.25, -0.2) is 0 Å². The standard InChI is InChI=1S/C52H39N/c1-51(2)46-23-10-6-18-40(46)43-20-13-21-44(50(43)51)42-19-8-12-25-49(42)53(37-27-26-34-14-3-4-16-36(34)32-37)38-28-29-41-39-17-7-11-24-47(39)52(48(41)33-38)31-30-35-15-5-9-22-45(35)52/h3-29,32-33H,30-31H2,1-2H3. The van der Waals surface area contributed by atoms with Gasteiger partial charge in [0.05, 0.1) is 5.69 Å².